The van der Waals surface area contributed by atoms with Gasteiger partial charge in [-0.05, 0) is 42.3 Å². The molecule has 3 nitrogen and oxygen atoms in total. The van der Waals surface area contributed by atoms with E-state index >= 15 is 0 Å². The lowest BCUT2D eigenvalue weighted by molar-refractivity contribution is -0.115. The van der Waals surface area contributed by atoms with Crippen LogP contribution in [-0.2, 0) is 11.3 Å². The molecular weight excluding hydrogens is 340 g/mol. The number of anilines is 1. The zero-order valence-corrected chi connectivity index (χ0v) is 14.5. The van der Waals surface area contributed by atoms with Crippen LogP contribution in [0.1, 0.15) is 37.4 Å². The molecule has 2 rings (SSSR count). The van der Waals surface area contributed by atoms with Crippen LogP contribution in [0.15, 0.2) is 53.0 Å². The van der Waals surface area contributed by atoms with Gasteiger partial charge in [-0.1, -0.05) is 47.1 Å². The van der Waals surface area contributed by atoms with Crippen LogP contribution in [0.3, 0.4) is 0 Å². The molecule has 0 radical (unpaired) electrons. The number of hydrogen-bond acceptors (Lipinski definition) is 2. The first-order chi connectivity index (χ1) is 10.6. The molecule has 0 aliphatic heterocycles. The Kier molecular flexibility index (Phi) is 6.16. The molecule has 116 valence electrons. The Morgan fingerprint density at radius 3 is 2.55 bits per heavy atom. The Balaban J connectivity index is 1.92. The zero-order valence-electron chi connectivity index (χ0n) is 12.9. The number of carbonyl (C=O) groups excluding carboxylic acids is 1. The number of halogens is 1. The highest BCUT2D eigenvalue weighted by molar-refractivity contribution is 9.10. The van der Waals surface area contributed by atoms with Crippen molar-refractivity contribution in [2.45, 2.75) is 32.9 Å². The van der Waals surface area contributed by atoms with Crippen molar-refractivity contribution in [3.63, 3.8) is 0 Å². The highest BCUT2D eigenvalue weighted by Gasteiger charge is 2.06. The van der Waals surface area contributed by atoms with Gasteiger partial charge in [-0.2, -0.15) is 0 Å². The van der Waals surface area contributed by atoms with E-state index in [0.29, 0.717) is 6.42 Å². The molecular formula is C18H21BrN2O. The summed E-state index contributed by atoms with van der Waals surface area (Å²) in [6.07, 6.45) is 0.492. The second kappa shape index (κ2) is 8.11. The summed E-state index contributed by atoms with van der Waals surface area (Å²) in [5, 5.41) is 6.36. The van der Waals surface area contributed by atoms with Crippen LogP contribution >= 0.6 is 15.9 Å². The summed E-state index contributed by atoms with van der Waals surface area (Å²) >= 11 is 3.49. The molecule has 2 aromatic rings. The molecule has 0 saturated heterocycles. The third-order valence-electron chi connectivity index (χ3n) is 3.52. The van der Waals surface area contributed by atoms with Crippen molar-refractivity contribution in [1.29, 1.82) is 0 Å². The topological polar surface area (TPSA) is 41.1 Å². The Hall–Kier alpha value is -1.65. The molecule has 0 spiro atoms. The Morgan fingerprint density at radius 1 is 1.18 bits per heavy atom. The Labute approximate surface area is 140 Å². The van der Waals surface area contributed by atoms with Crippen LogP contribution in [0.2, 0.25) is 0 Å². The van der Waals surface area contributed by atoms with Crippen LogP contribution in [0.4, 0.5) is 5.69 Å². The van der Waals surface area contributed by atoms with Crippen LogP contribution in [0.5, 0.6) is 0 Å². The largest absolute Gasteiger partial charge is 0.326 e. The summed E-state index contributed by atoms with van der Waals surface area (Å²) in [7, 11) is 0. The third-order valence-corrected chi connectivity index (χ3v) is 4.01. The number of carbonyl (C=O) groups is 1. The standard InChI is InChI=1S/C18H21BrN2O/c1-3-18(22)21-17-9-7-15(8-10-17)13(2)20-12-14-5-4-6-16(19)11-14/h4-11,13,20H,3,12H2,1-2H3,(H,21,22)/t13-/m0/s1. The van der Waals surface area contributed by atoms with Crippen LogP contribution in [-0.4, -0.2) is 5.91 Å². The smallest absolute Gasteiger partial charge is 0.224 e. The monoisotopic (exact) mass is 360 g/mol. The minimum Gasteiger partial charge on any atom is -0.326 e. The van der Waals surface area contributed by atoms with Gasteiger partial charge in [0.2, 0.25) is 5.91 Å². The van der Waals surface area contributed by atoms with Gasteiger partial charge in [0.1, 0.15) is 0 Å². The summed E-state index contributed by atoms with van der Waals surface area (Å²) in [4.78, 5) is 11.4. The average Bonchev–Trinajstić information content (AvgIpc) is 2.53. The van der Waals surface area contributed by atoms with Gasteiger partial charge in [-0.3, -0.25) is 4.79 Å². The van der Waals surface area contributed by atoms with E-state index in [9.17, 15) is 4.79 Å². The predicted octanol–water partition coefficient (Wildman–Crippen LogP) is 4.65. The third kappa shape index (κ3) is 4.97. The number of nitrogens with one attached hydrogen (secondary N) is 2. The minimum atomic E-state index is 0.0357. The van der Waals surface area contributed by atoms with Gasteiger partial charge >= 0.3 is 0 Å². The van der Waals surface area contributed by atoms with E-state index in [-0.39, 0.29) is 11.9 Å². The lowest BCUT2D eigenvalue weighted by Crippen LogP contribution is -2.18. The van der Waals surface area contributed by atoms with Crippen molar-refractivity contribution in [2.24, 2.45) is 0 Å². The molecule has 0 unspecified atom stereocenters. The van der Waals surface area contributed by atoms with E-state index in [1.54, 1.807) is 0 Å². The van der Waals surface area contributed by atoms with E-state index in [4.69, 9.17) is 0 Å². The van der Waals surface area contributed by atoms with Gasteiger partial charge in [0, 0.05) is 29.2 Å². The van der Waals surface area contributed by atoms with E-state index in [2.05, 4.69) is 45.6 Å². The maximum Gasteiger partial charge on any atom is 0.224 e. The first-order valence-corrected chi connectivity index (χ1v) is 8.25. The minimum absolute atomic E-state index is 0.0357. The molecule has 0 aliphatic carbocycles. The number of rotatable bonds is 6. The quantitative estimate of drug-likeness (QED) is 0.787. The molecule has 0 aliphatic rings. The van der Waals surface area contributed by atoms with E-state index in [1.165, 1.54) is 11.1 Å². The van der Waals surface area contributed by atoms with Crippen molar-refractivity contribution < 1.29 is 4.79 Å². The Bertz CT molecular complexity index is 625. The molecule has 22 heavy (non-hydrogen) atoms. The SMILES string of the molecule is CCC(=O)Nc1ccc([C@H](C)NCc2cccc(Br)c2)cc1. The van der Waals surface area contributed by atoms with E-state index in [0.717, 1.165) is 16.7 Å². The highest BCUT2D eigenvalue weighted by Crippen LogP contribution is 2.17. The normalized spacial score (nSPS) is 12.0. The zero-order chi connectivity index (χ0) is 15.9. The van der Waals surface area contributed by atoms with Gasteiger partial charge in [-0.15, -0.1) is 0 Å². The summed E-state index contributed by atoms with van der Waals surface area (Å²) in [6, 6.07) is 16.5. The van der Waals surface area contributed by atoms with Crippen LogP contribution in [0.25, 0.3) is 0 Å². The summed E-state index contributed by atoms with van der Waals surface area (Å²) in [6.45, 7) is 4.80. The van der Waals surface area contributed by atoms with Gasteiger partial charge in [0.05, 0.1) is 0 Å². The van der Waals surface area contributed by atoms with Gasteiger partial charge in [0.15, 0.2) is 0 Å². The molecule has 2 N–H and O–H groups in total. The summed E-state index contributed by atoms with van der Waals surface area (Å²) in [5.41, 5.74) is 3.28. The van der Waals surface area contributed by atoms with Gasteiger partial charge in [-0.25, -0.2) is 0 Å². The summed E-state index contributed by atoms with van der Waals surface area (Å²) < 4.78 is 1.09. The fourth-order valence-corrected chi connectivity index (χ4v) is 2.59. The van der Waals surface area contributed by atoms with E-state index in [1.807, 2.05) is 43.3 Å². The van der Waals surface area contributed by atoms with Gasteiger partial charge in [0.25, 0.3) is 0 Å². The molecule has 0 saturated carbocycles. The fraction of sp³-hybridized carbons (Fsp3) is 0.278. The molecule has 1 amide bonds. The molecule has 1 atom stereocenters. The Morgan fingerprint density at radius 2 is 1.91 bits per heavy atom. The average molecular weight is 361 g/mol. The number of amides is 1. The second-order valence-electron chi connectivity index (χ2n) is 5.26. The van der Waals surface area contributed by atoms with Crippen LogP contribution < -0.4 is 10.6 Å². The number of benzene rings is 2. The van der Waals surface area contributed by atoms with Crippen LogP contribution in [0, 0.1) is 0 Å². The lowest BCUT2D eigenvalue weighted by atomic mass is 10.1. The lowest BCUT2D eigenvalue weighted by Gasteiger charge is -2.15. The number of hydrogen-bond donors (Lipinski definition) is 2. The van der Waals surface area contributed by atoms with Gasteiger partial charge < -0.3 is 10.6 Å². The maximum atomic E-state index is 11.4. The predicted molar refractivity (Wildman–Crippen MR) is 94.8 cm³/mol. The highest BCUT2D eigenvalue weighted by atomic mass is 79.9. The van der Waals surface area contributed by atoms with E-state index < -0.39 is 0 Å². The maximum absolute atomic E-state index is 11.4. The molecule has 0 fully saturated rings. The molecule has 0 bridgehead atoms. The summed E-state index contributed by atoms with van der Waals surface area (Å²) in [5.74, 6) is 0.0357. The molecule has 0 aromatic heterocycles. The van der Waals surface area contributed by atoms with Crippen molar-refractivity contribution >= 4 is 27.5 Å². The van der Waals surface area contributed by atoms with Crippen molar-refractivity contribution in [3.05, 3.63) is 64.1 Å². The molecule has 4 heteroatoms. The molecule has 2 aromatic carbocycles. The van der Waals surface area contributed by atoms with Crippen molar-refractivity contribution in [3.8, 4) is 0 Å². The fourth-order valence-electron chi connectivity index (χ4n) is 2.14. The first-order valence-electron chi connectivity index (χ1n) is 7.46. The second-order valence-corrected chi connectivity index (χ2v) is 6.17. The van der Waals surface area contributed by atoms with Crippen molar-refractivity contribution in [1.82, 2.24) is 5.32 Å². The van der Waals surface area contributed by atoms with Crippen molar-refractivity contribution in [2.75, 3.05) is 5.32 Å². The molecule has 0 heterocycles. The first kappa shape index (κ1) is 16.7.